The first kappa shape index (κ1) is 26.6. The van der Waals surface area contributed by atoms with Crippen molar-refractivity contribution in [2.75, 3.05) is 4.90 Å². The average Bonchev–Trinajstić information content (AvgIpc) is 3.16. The lowest BCUT2D eigenvalue weighted by molar-refractivity contribution is 1.31. The zero-order chi connectivity index (χ0) is 31.0. The van der Waals surface area contributed by atoms with Gasteiger partial charge in [-0.3, -0.25) is 0 Å². The first-order valence-corrected chi connectivity index (χ1v) is 18.5. The van der Waals surface area contributed by atoms with Crippen LogP contribution in [0, 0.1) is 0 Å². The predicted molar refractivity (Wildman–Crippen MR) is 204 cm³/mol. The number of benzene rings is 8. The largest absolute Gasteiger partial charge is 0.311 e. The van der Waals surface area contributed by atoms with Crippen LogP contribution in [-0.2, 0) is 0 Å². The van der Waals surface area contributed by atoms with E-state index in [1.807, 2.05) is 0 Å². The number of rotatable bonds is 3. The van der Waals surface area contributed by atoms with Gasteiger partial charge in [0.15, 0.2) is 8.07 Å². The molecule has 0 fully saturated rings. The van der Waals surface area contributed by atoms with E-state index in [1.54, 1.807) is 0 Å². The molecule has 2 heterocycles. The van der Waals surface area contributed by atoms with E-state index in [9.17, 15) is 0 Å². The number of hydrogen-bond acceptors (Lipinski definition) is 1. The standard InChI is InChI=1S/C44H30BNSi/c1-4-17-31(18-5-1)46-39-28-16-30-41-43(39)45(42-36-25-12-10-23-34(36)35-24-11-13-26-37(35)44(42)46)38-27-14-15-29-40(38)47(41,32-19-6-2-7-20-32)33-21-8-3-9-22-33/h1-30H. The van der Waals surface area contributed by atoms with E-state index < -0.39 is 8.07 Å². The SMILES string of the molecule is c1ccc(N2c3cccc4c3B(c3ccccc3[Si]4(c3ccccc3)c3ccccc3)c3c2c2ccccc2c2ccccc32)cc1. The Balaban J connectivity index is 1.45. The van der Waals surface area contributed by atoms with Gasteiger partial charge in [-0.1, -0.05) is 169 Å². The molecule has 0 radical (unpaired) electrons. The molecule has 0 atom stereocenters. The van der Waals surface area contributed by atoms with Crippen LogP contribution in [0.1, 0.15) is 0 Å². The number of fused-ring (bicyclic) bond motifs is 9. The van der Waals surface area contributed by atoms with Crippen LogP contribution in [0.3, 0.4) is 0 Å². The van der Waals surface area contributed by atoms with Gasteiger partial charge in [-0.15, -0.1) is 0 Å². The lowest BCUT2D eigenvalue weighted by Crippen LogP contribution is -2.87. The predicted octanol–water partition coefficient (Wildman–Crippen LogP) is 5.98. The molecule has 218 valence electrons. The first-order chi connectivity index (χ1) is 23.4. The van der Waals surface area contributed by atoms with Crippen molar-refractivity contribution >= 4 is 90.5 Å². The molecule has 3 heteroatoms. The van der Waals surface area contributed by atoms with Crippen LogP contribution in [0.2, 0.25) is 0 Å². The van der Waals surface area contributed by atoms with E-state index in [0.29, 0.717) is 0 Å². The Morgan fingerprint density at radius 2 is 0.894 bits per heavy atom. The fourth-order valence-electron chi connectivity index (χ4n) is 8.88. The Morgan fingerprint density at radius 1 is 0.383 bits per heavy atom. The third-order valence-corrected chi connectivity index (χ3v) is 15.5. The second kappa shape index (κ2) is 10.2. The molecule has 0 bridgehead atoms. The number of para-hydroxylation sites is 1. The van der Waals surface area contributed by atoms with Gasteiger partial charge >= 0.3 is 0 Å². The molecular formula is C44H30BNSi. The summed E-state index contributed by atoms with van der Waals surface area (Å²) < 4.78 is 0. The van der Waals surface area contributed by atoms with Crippen molar-refractivity contribution in [3.05, 3.63) is 182 Å². The Kier molecular flexibility index (Phi) is 5.76. The summed E-state index contributed by atoms with van der Waals surface area (Å²) in [6, 6.07) is 68.3. The minimum atomic E-state index is -2.73. The highest BCUT2D eigenvalue weighted by molar-refractivity contribution is 7.27. The minimum Gasteiger partial charge on any atom is -0.311 e. The third kappa shape index (κ3) is 3.55. The highest BCUT2D eigenvalue weighted by atomic mass is 28.3. The van der Waals surface area contributed by atoms with E-state index in [1.165, 1.54) is 75.7 Å². The number of nitrogens with zero attached hydrogens (tertiary/aromatic N) is 1. The van der Waals surface area contributed by atoms with Gasteiger partial charge in [0.25, 0.3) is 0 Å². The molecule has 8 aromatic carbocycles. The van der Waals surface area contributed by atoms with E-state index in [-0.39, 0.29) is 6.71 Å². The first-order valence-electron chi connectivity index (χ1n) is 16.5. The van der Waals surface area contributed by atoms with Crippen LogP contribution in [-0.4, -0.2) is 14.8 Å². The molecule has 8 aromatic rings. The Hall–Kier alpha value is -5.64. The fraction of sp³-hybridized carbons (Fsp3) is 0. The minimum absolute atomic E-state index is 0.0925. The van der Waals surface area contributed by atoms with Gasteiger partial charge in [0.1, 0.15) is 0 Å². The summed E-state index contributed by atoms with van der Waals surface area (Å²) >= 11 is 0. The summed E-state index contributed by atoms with van der Waals surface area (Å²) in [7, 11) is -2.73. The van der Waals surface area contributed by atoms with Crippen LogP contribution in [0.25, 0.3) is 21.5 Å². The van der Waals surface area contributed by atoms with Crippen molar-refractivity contribution < 1.29 is 0 Å². The molecule has 0 aliphatic carbocycles. The zero-order valence-corrected chi connectivity index (χ0v) is 26.8. The maximum atomic E-state index is 2.57. The zero-order valence-electron chi connectivity index (χ0n) is 25.8. The number of anilines is 3. The highest BCUT2D eigenvalue weighted by Crippen LogP contribution is 2.43. The van der Waals surface area contributed by atoms with Gasteiger partial charge in [0.2, 0.25) is 6.71 Å². The maximum Gasteiger partial charge on any atom is 0.247 e. The molecule has 2 aliphatic heterocycles. The second-order valence-electron chi connectivity index (χ2n) is 12.8. The van der Waals surface area contributed by atoms with Gasteiger partial charge < -0.3 is 4.90 Å². The monoisotopic (exact) mass is 611 g/mol. The lowest BCUT2D eigenvalue weighted by atomic mass is 9.34. The van der Waals surface area contributed by atoms with E-state index in [2.05, 4.69) is 187 Å². The van der Waals surface area contributed by atoms with Crippen molar-refractivity contribution in [3.8, 4) is 0 Å². The van der Waals surface area contributed by atoms with Crippen LogP contribution >= 0.6 is 0 Å². The Morgan fingerprint density at radius 3 is 1.57 bits per heavy atom. The summed E-state index contributed by atoms with van der Waals surface area (Å²) in [6.07, 6.45) is 0. The van der Waals surface area contributed by atoms with Crippen LogP contribution in [0.4, 0.5) is 17.1 Å². The van der Waals surface area contributed by atoms with E-state index >= 15 is 0 Å². The molecule has 0 saturated carbocycles. The highest BCUT2D eigenvalue weighted by Gasteiger charge is 2.53. The van der Waals surface area contributed by atoms with Crippen molar-refractivity contribution in [3.63, 3.8) is 0 Å². The molecular weight excluding hydrogens is 581 g/mol. The Bertz CT molecular complexity index is 2440. The lowest BCUT2D eigenvalue weighted by Gasteiger charge is -2.47. The summed E-state index contributed by atoms with van der Waals surface area (Å²) in [5.41, 5.74) is 8.04. The average molecular weight is 612 g/mol. The van der Waals surface area contributed by atoms with Crippen LogP contribution in [0.5, 0.6) is 0 Å². The van der Waals surface area contributed by atoms with Crippen LogP contribution < -0.4 is 42.0 Å². The van der Waals surface area contributed by atoms with Gasteiger partial charge in [-0.2, -0.15) is 0 Å². The van der Waals surface area contributed by atoms with E-state index in [4.69, 9.17) is 0 Å². The summed E-state index contributed by atoms with van der Waals surface area (Å²) in [6.45, 7) is 0.0925. The molecule has 0 aromatic heterocycles. The molecule has 47 heavy (non-hydrogen) atoms. The smallest absolute Gasteiger partial charge is 0.247 e. The van der Waals surface area contributed by atoms with Crippen molar-refractivity contribution in [1.82, 2.24) is 0 Å². The molecule has 1 nitrogen and oxygen atoms in total. The van der Waals surface area contributed by atoms with E-state index in [0.717, 1.165) is 0 Å². The van der Waals surface area contributed by atoms with Crippen molar-refractivity contribution in [2.45, 2.75) is 0 Å². The summed E-state index contributed by atoms with van der Waals surface area (Å²) in [5.74, 6) is 0. The van der Waals surface area contributed by atoms with Crippen molar-refractivity contribution in [1.29, 1.82) is 0 Å². The van der Waals surface area contributed by atoms with Crippen molar-refractivity contribution in [2.24, 2.45) is 0 Å². The fourth-order valence-corrected chi connectivity index (χ4v) is 14.2. The summed E-state index contributed by atoms with van der Waals surface area (Å²) in [4.78, 5) is 2.57. The van der Waals surface area contributed by atoms with Gasteiger partial charge in [-0.05, 0) is 66.0 Å². The molecule has 0 saturated heterocycles. The molecule has 2 aliphatic rings. The maximum absolute atomic E-state index is 2.73. The molecule has 10 rings (SSSR count). The topological polar surface area (TPSA) is 3.24 Å². The molecule has 0 unspecified atom stereocenters. The molecule has 0 N–H and O–H groups in total. The van der Waals surface area contributed by atoms with Gasteiger partial charge in [0, 0.05) is 22.4 Å². The summed E-state index contributed by atoms with van der Waals surface area (Å²) in [5, 5.41) is 11.0. The number of hydrogen-bond donors (Lipinski definition) is 0. The second-order valence-corrected chi connectivity index (χ2v) is 16.5. The van der Waals surface area contributed by atoms with Gasteiger partial charge in [0.05, 0.1) is 0 Å². The van der Waals surface area contributed by atoms with Gasteiger partial charge in [-0.25, -0.2) is 0 Å². The van der Waals surface area contributed by atoms with Crippen LogP contribution in [0.15, 0.2) is 182 Å². The molecule has 0 spiro atoms. The Labute approximate surface area is 276 Å². The quantitative estimate of drug-likeness (QED) is 0.176. The normalized spacial score (nSPS) is 14.0. The molecule has 0 amide bonds. The third-order valence-electron chi connectivity index (χ3n) is 10.6.